The van der Waals surface area contributed by atoms with Crippen molar-refractivity contribution in [3.05, 3.63) is 11.9 Å². The third-order valence-corrected chi connectivity index (χ3v) is 1.60. The molecule has 1 atom stereocenters. The Morgan fingerprint density at radius 1 is 1.75 bits per heavy atom. The van der Waals surface area contributed by atoms with Crippen LogP contribution in [0, 0.1) is 0 Å². The highest BCUT2D eigenvalue weighted by Gasteiger charge is 2.15. The minimum Gasteiger partial charge on any atom is -0.398 e. The van der Waals surface area contributed by atoms with Crippen molar-refractivity contribution >= 4 is 5.91 Å². The van der Waals surface area contributed by atoms with Crippen LogP contribution in [0.1, 0.15) is 6.92 Å². The molecule has 0 fully saturated rings. The molecule has 0 spiro atoms. The molecule has 0 saturated carbocycles. The molecule has 5 nitrogen and oxygen atoms in total. The van der Waals surface area contributed by atoms with Crippen LogP contribution in [-0.2, 0) is 4.79 Å². The van der Waals surface area contributed by atoms with E-state index < -0.39 is 0 Å². The zero-order chi connectivity index (χ0) is 8.97. The first kappa shape index (κ1) is 8.86. The molecule has 0 unspecified atom stereocenters. The lowest BCUT2D eigenvalue weighted by Gasteiger charge is -2.27. The van der Waals surface area contributed by atoms with Crippen molar-refractivity contribution in [3.8, 4) is 0 Å². The van der Waals surface area contributed by atoms with Crippen molar-refractivity contribution < 1.29 is 4.79 Å². The smallest absolute Gasteiger partial charge is 0.216 e. The number of amides is 1. The summed E-state index contributed by atoms with van der Waals surface area (Å²) in [5, 5.41) is 8.75. The van der Waals surface area contributed by atoms with E-state index in [0.29, 0.717) is 13.1 Å². The fraction of sp³-hybridized carbons (Fsp3) is 0.571. The number of hydrogen-bond donors (Lipinski definition) is 4. The Morgan fingerprint density at radius 3 is 2.92 bits per heavy atom. The SMILES string of the molecule is CC(=O)NCCN[C@@H]1NC=C1N. The highest BCUT2D eigenvalue weighted by atomic mass is 16.1. The Morgan fingerprint density at radius 2 is 2.50 bits per heavy atom. The molecule has 0 aromatic rings. The van der Waals surface area contributed by atoms with Crippen molar-refractivity contribution in [3.63, 3.8) is 0 Å². The van der Waals surface area contributed by atoms with Gasteiger partial charge in [-0.25, -0.2) is 0 Å². The van der Waals surface area contributed by atoms with Gasteiger partial charge in [0.25, 0.3) is 0 Å². The number of carbonyl (C=O) groups excluding carboxylic acids is 1. The van der Waals surface area contributed by atoms with Crippen molar-refractivity contribution in [1.82, 2.24) is 16.0 Å². The Labute approximate surface area is 71.4 Å². The molecule has 68 valence electrons. The molecule has 0 radical (unpaired) electrons. The van der Waals surface area contributed by atoms with E-state index in [4.69, 9.17) is 5.73 Å². The minimum absolute atomic E-state index is 0.0121. The van der Waals surface area contributed by atoms with E-state index >= 15 is 0 Å². The summed E-state index contributed by atoms with van der Waals surface area (Å²) in [5.74, 6) is -0.0121. The van der Waals surface area contributed by atoms with Crippen molar-refractivity contribution in [2.45, 2.75) is 13.1 Å². The van der Waals surface area contributed by atoms with Crippen LogP contribution in [0.25, 0.3) is 0 Å². The second-order valence-electron chi connectivity index (χ2n) is 2.68. The zero-order valence-electron chi connectivity index (χ0n) is 7.05. The molecule has 0 saturated heterocycles. The van der Waals surface area contributed by atoms with Gasteiger partial charge in [0.1, 0.15) is 6.17 Å². The fourth-order valence-corrected chi connectivity index (χ4v) is 0.895. The highest BCUT2D eigenvalue weighted by molar-refractivity contribution is 5.72. The third-order valence-electron chi connectivity index (χ3n) is 1.60. The van der Waals surface area contributed by atoms with Gasteiger partial charge in [-0.15, -0.1) is 0 Å². The summed E-state index contributed by atoms with van der Waals surface area (Å²) in [6.45, 7) is 2.84. The van der Waals surface area contributed by atoms with E-state index in [1.54, 1.807) is 6.20 Å². The first-order chi connectivity index (χ1) is 5.70. The first-order valence-corrected chi connectivity index (χ1v) is 3.89. The van der Waals surface area contributed by atoms with Gasteiger partial charge >= 0.3 is 0 Å². The van der Waals surface area contributed by atoms with Gasteiger partial charge in [0.2, 0.25) is 5.91 Å². The number of nitrogens with one attached hydrogen (secondary N) is 3. The van der Waals surface area contributed by atoms with Crippen molar-refractivity contribution in [1.29, 1.82) is 0 Å². The van der Waals surface area contributed by atoms with Gasteiger partial charge in [-0.05, 0) is 0 Å². The summed E-state index contributed by atoms with van der Waals surface area (Å²) in [5.41, 5.74) is 6.32. The largest absolute Gasteiger partial charge is 0.398 e. The maximum absolute atomic E-state index is 10.4. The molecular formula is C7H14N4O. The Hall–Kier alpha value is -1.23. The lowest BCUT2D eigenvalue weighted by atomic mass is 10.3. The zero-order valence-corrected chi connectivity index (χ0v) is 7.05. The minimum atomic E-state index is -0.0121. The summed E-state index contributed by atoms with van der Waals surface area (Å²) in [6.07, 6.45) is 1.83. The summed E-state index contributed by atoms with van der Waals surface area (Å²) in [7, 11) is 0. The number of hydrogen-bond acceptors (Lipinski definition) is 4. The average molecular weight is 170 g/mol. The van der Waals surface area contributed by atoms with E-state index in [9.17, 15) is 4.79 Å². The molecule has 5 heteroatoms. The number of carbonyl (C=O) groups is 1. The van der Waals surface area contributed by atoms with Crippen LogP contribution in [0.2, 0.25) is 0 Å². The second kappa shape index (κ2) is 3.96. The van der Waals surface area contributed by atoms with Gasteiger partial charge in [0.15, 0.2) is 0 Å². The standard InChI is InChI=1S/C7H14N4O/c1-5(12)9-2-3-10-7-6(8)4-11-7/h4,7,10-11H,2-3,8H2,1H3,(H,9,12)/t7-/m1/s1. The van der Waals surface area contributed by atoms with Crippen LogP contribution in [-0.4, -0.2) is 25.2 Å². The van der Waals surface area contributed by atoms with E-state index in [-0.39, 0.29) is 12.1 Å². The Balaban J connectivity index is 1.97. The molecular weight excluding hydrogens is 156 g/mol. The third kappa shape index (κ3) is 2.43. The summed E-state index contributed by atoms with van der Waals surface area (Å²) in [4.78, 5) is 10.4. The maximum atomic E-state index is 10.4. The van der Waals surface area contributed by atoms with Crippen LogP contribution >= 0.6 is 0 Å². The molecule has 5 N–H and O–H groups in total. The van der Waals surface area contributed by atoms with Crippen molar-refractivity contribution in [2.75, 3.05) is 13.1 Å². The number of rotatable bonds is 4. The lowest BCUT2D eigenvalue weighted by Crippen LogP contribution is -2.52. The molecule has 1 amide bonds. The normalized spacial score (nSPS) is 20.4. The van der Waals surface area contributed by atoms with Crippen LogP contribution < -0.4 is 21.7 Å². The molecule has 0 bridgehead atoms. The molecule has 1 heterocycles. The summed E-state index contributed by atoms with van der Waals surface area (Å²) in [6, 6.07) is 0. The van der Waals surface area contributed by atoms with Crippen LogP contribution in [0.4, 0.5) is 0 Å². The number of nitrogens with two attached hydrogens (primary N) is 1. The highest BCUT2D eigenvalue weighted by Crippen LogP contribution is 1.98. The molecule has 1 aliphatic heterocycles. The van der Waals surface area contributed by atoms with Gasteiger partial charge in [-0.3, -0.25) is 10.1 Å². The lowest BCUT2D eigenvalue weighted by molar-refractivity contribution is -0.118. The van der Waals surface area contributed by atoms with E-state index in [0.717, 1.165) is 5.70 Å². The fourth-order valence-electron chi connectivity index (χ4n) is 0.895. The predicted molar refractivity (Wildman–Crippen MR) is 45.9 cm³/mol. The molecule has 0 aromatic carbocycles. The van der Waals surface area contributed by atoms with Gasteiger partial charge in [0, 0.05) is 26.2 Å². The first-order valence-electron chi connectivity index (χ1n) is 3.89. The maximum Gasteiger partial charge on any atom is 0.216 e. The Bertz CT molecular complexity index is 202. The summed E-state index contributed by atoms with van der Waals surface area (Å²) >= 11 is 0. The molecule has 0 aromatic heterocycles. The molecule has 1 rings (SSSR count). The van der Waals surface area contributed by atoms with Crippen LogP contribution in [0.3, 0.4) is 0 Å². The van der Waals surface area contributed by atoms with Gasteiger partial charge < -0.3 is 16.4 Å². The predicted octanol–water partition coefficient (Wildman–Crippen LogP) is -1.56. The van der Waals surface area contributed by atoms with Crippen LogP contribution in [0.15, 0.2) is 11.9 Å². The second-order valence-corrected chi connectivity index (χ2v) is 2.68. The molecule has 12 heavy (non-hydrogen) atoms. The monoisotopic (exact) mass is 170 g/mol. The van der Waals surface area contributed by atoms with Crippen LogP contribution in [0.5, 0.6) is 0 Å². The van der Waals surface area contributed by atoms with Crippen molar-refractivity contribution in [2.24, 2.45) is 5.73 Å². The molecule has 1 aliphatic rings. The van der Waals surface area contributed by atoms with Gasteiger partial charge in [0.05, 0.1) is 5.70 Å². The quantitative estimate of drug-likeness (QED) is 0.385. The van der Waals surface area contributed by atoms with Gasteiger partial charge in [-0.1, -0.05) is 0 Å². The van der Waals surface area contributed by atoms with E-state index in [2.05, 4.69) is 16.0 Å². The molecule has 0 aliphatic carbocycles. The average Bonchev–Trinajstić information content (AvgIpc) is 2.01. The van der Waals surface area contributed by atoms with E-state index in [1.807, 2.05) is 0 Å². The summed E-state index contributed by atoms with van der Waals surface area (Å²) < 4.78 is 0. The Kier molecular flexibility index (Phi) is 2.93. The van der Waals surface area contributed by atoms with E-state index in [1.165, 1.54) is 6.92 Å². The topological polar surface area (TPSA) is 79.2 Å². The van der Waals surface area contributed by atoms with Gasteiger partial charge in [-0.2, -0.15) is 0 Å².